The summed E-state index contributed by atoms with van der Waals surface area (Å²) in [5, 5.41) is 42.3. The molecule has 1 aliphatic heterocycles. The quantitative estimate of drug-likeness (QED) is 0.319. The number of benzene rings is 2. The van der Waals surface area contributed by atoms with Gasteiger partial charge < -0.3 is 29.9 Å². The third kappa shape index (κ3) is 5.66. The molecule has 1 heterocycles. The first kappa shape index (κ1) is 23.5. The topological polar surface area (TPSA) is 116 Å². The number of rotatable bonds is 10. The fraction of sp³-hybridized carbons (Fsp3) is 0.500. The van der Waals surface area contributed by atoms with Crippen LogP contribution in [0.1, 0.15) is 44.9 Å². The molecule has 0 aromatic heterocycles. The molecule has 4 rings (SSSR count). The molecule has 0 bridgehead atoms. The van der Waals surface area contributed by atoms with Crippen molar-refractivity contribution in [1.29, 1.82) is 0 Å². The highest BCUT2D eigenvalue weighted by molar-refractivity contribution is 5.86. The minimum atomic E-state index is -1.03. The van der Waals surface area contributed by atoms with Gasteiger partial charge in [-0.1, -0.05) is 55.7 Å². The Balaban J connectivity index is 1.32. The lowest BCUT2D eigenvalue weighted by Gasteiger charge is -2.21. The van der Waals surface area contributed by atoms with Crippen LogP contribution in [-0.4, -0.2) is 51.0 Å². The number of hydrogen-bond acceptors (Lipinski definition) is 6. The predicted molar refractivity (Wildman–Crippen MR) is 123 cm³/mol. The second kappa shape index (κ2) is 10.5. The van der Waals surface area contributed by atoms with Gasteiger partial charge in [-0.05, 0) is 41.7 Å². The molecule has 0 unspecified atom stereocenters. The van der Waals surface area contributed by atoms with Gasteiger partial charge in [0.05, 0.1) is 12.2 Å². The van der Waals surface area contributed by atoms with Crippen LogP contribution in [0.2, 0.25) is 0 Å². The first-order valence-electron chi connectivity index (χ1n) is 11.7. The van der Waals surface area contributed by atoms with Crippen LogP contribution < -0.4 is 9.47 Å². The van der Waals surface area contributed by atoms with E-state index >= 15 is 0 Å². The lowest BCUT2D eigenvalue weighted by atomic mass is 9.88. The zero-order chi connectivity index (χ0) is 23.4. The van der Waals surface area contributed by atoms with Gasteiger partial charge in [-0.25, -0.2) is 0 Å². The zero-order valence-corrected chi connectivity index (χ0v) is 18.5. The predicted octanol–water partition coefficient (Wildman–Crippen LogP) is 3.64. The fourth-order valence-corrected chi connectivity index (χ4v) is 4.92. The molecular weight excluding hydrogens is 424 g/mol. The summed E-state index contributed by atoms with van der Waals surface area (Å²) in [6.07, 6.45) is 4.66. The number of carboxylic acid groups (broad SMARTS) is 1. The molecule has 1 aliphatic carbocycles. The summed E-state index contributed by atoms with van der Waals surface area (Å²) in [6.45, 7) is 0. The van der Waals surface area contributed by atoms with E-state index in [1.54, 1.807) is 12.2 Å². The van der Waals surface area contributed by atoms with E-state index in [0.29, 0.717) is 24.3 Å². The van der Waals surface area contributed by atoms with Crippen molar-refractivity contribution < 1.29 is 34.7 Å². The molecule has 33 heavy (non-hydrogen) atoms. The molecule has 4 N–H and O–H groups in total. The number of carboxylic acids is 1. The molecule has 0 radical (unpaired) electrons. The average molecular weight is 457 g/mol. The fourth-order valence-electron chi connectivity index (χ4n) is 4.92. The van der Waals surface area contributed by atoms with Gasteiger partial charge in [-0.2, -0.15) is 0 Å². The summed E-state index contributed by atoms with van der Waals surface area (Å²) in [4.78, 5) is 10.6. The number of hydrogen-bond donors (Lipinski definition) is 4. The Morgan fingerprint density at radius 3 is 2.27 bits per heavy atom. The van der Waals surface area contributed by atoms with Crippen molar-refractivity contribution in [3.63, 3.8) is 0 Å². The van der Waals surface area contributed by atoms with Gasteiger partial charge in [0.25, 0.3) is 6.29 Å². The molecule has 2 aromatic carbocycles. The van der Waals surface area contributed by atoms with Gasteiger partial charge in [-0.15, -0.1) is 0 Å². The molecule has 1 fully saturated rings. The average Bonchev–Trinajstić information content (AvgIpc) is 3.32. The summed E-state index contributed by atoms with van der Waals surface area (Å²) >= 11 is 0. The maximum atomic E-state index is 10.6. The van der Waals surface area contributed by atoms with E-state index in [9.17, 15) is 20.1 Å². The summed E-state index contributed by atoms with van der Waals surface area (Å²) in [5.74, 6) is 0.0297. The van der Waals surface area contributed by atoms with Gasteiger partial charge in [0.15, 0.2) is 11.5 Å². The van der Waals surface area contributed by atoms with Gasteiger partial charge >= 0.3 is 5.97 Å². The molecule has 1 saturated carbocycles. The van der Waals surface area contributed by atoms with Crippen molar-refractivity contribution in [3.05, 3.63) is 48.6 Å². The van der Waals surface area contributed by atoms with Crippen LogP contribution in [0.5, 0.6) is 11.5 Å². The van der Waals surface area contributed by atoms with Crippen LogP contribution in [0.4, 0.5) is 0 Å². The highest BCUT2D eigenvalue weighted by Crippen LogP contribution is 2.40. The van der Waals surface area contributed by atoms with Crippen molar-refractivity contribution >= 4 is 16.7 Å². The van der Waals surface area contributed by atoms with Crippen molar-refractivity contribution in [2.24, 2.45) is 11.8 Å². The minimum absolute atomic E-state index is 0.101. The molecule has 7 nitrogen and oxygen atoms in total. The Morgan fingerprint density at radius 1 is 1.00 bits per heavy atom. The molecule has 178 valence electrons. The van der Waals surface area contributed by atoms with Crippen LogP contribution in [-0.2, 0) is 4.79 Å². The van der Waals surface area contributed by atoms with E-state index in [1.165, 1.54) is 0 Å². The van der Waals surface area contributed by atoms with E-state index in [-0.39, 0.29) is 18.3 Å². The molecular formula is C26H32O7. The Labute approximate surface area is 193 Å². The molecule has 5 atom stereocenters. The normalized spacial score (nSPS) is 25.8. The SMILES string of the molecule is O=C(O)CCCCCC[C@@H]1[C@@H](/C=C/[C@@H](O)C2Oc3cc4ccccc4cc3O2)[C@H](O)C[C@@H]1O. The van der Waals surface area contributed by atoms with Crippen molar-refractivity contribution in [2.75, 3.05) is 0 Å². The first-order valence-corrected chi connectivity index (χ1v) is 11.7. The number of aliphatic carboxylic acids is 1. The number of ether oxygens (including phenoxy) is 2. The molecule has 2 aliphatic rings. The summed E-state index contributed by atoms with van der Waals surface area (Å²) in [6, 6.07) is 11.7. The van der Waals surface area contributed by atoms with E-state index in [2.05, 4.69) is 0 Å². The molecule has 0 amide bonds. The van der Waals surface area contributed by atoms with E-state index in [4.69, 9.17) is 14.6 Å². The zero-order valence-electron chi connectivity index (χ0n) is 18.5. The minimum Gasteiger partial charge on any atom is -0.481 e. The van der Waals surface area contributed by atoms with Gasteiger partial charge in [-0.3, -0.25) is 4.79 Å². The highest BCUT2D eigenvalue weighted by Gasteiger charge is 2.40. The largest absolute Gasteiger partial charge is 0.481 e. The summed E-state index contributed by atoms with van der Waals surface area (Å²) < 4.78 is 11.6. The number of carbonyl (C=O) groups is 1. The van der Waals surface area contributed by atoms with E-state index in [0.717, 1.165) is 36.5 Å². The second-order valence-corrected chi connectivity index (χ2v) is 9.08. The van der Waals surface area contributed by atoms with Crippen molar-refractivity contribution in [1.82, 2.24) is 0 Å². The highest BCUT2D eigenvalue weighted by atomic mass is 16.7. The first-order chi connectivity index (χ1) is 15.9. The maximum Gasteiger partial charge on any atom is 0.303 e. The third-order valence-corrected chi connectivity index (χ3v) is 6.70. The van der Waals surface area contributed by atoms with Crippen molar-refractivity contribution in [3.8, 4) is 11.5 Å². The lowest BCUT2D eigenvalue weighted by molar-refractivity contribution is -0.137. The second-order valence-electron chi connectivity index (χ2n) is 9.08. The maximum absolute atomic E-state index is 10.6. The Bertz CT molecular complexity index is 943. The number of fused-ring (bicyclic) bond motifs is 2. The van der Waals surface area contributed by atoms with Crippen molar-refractivity contribution in [2.45, 2.75) is 69.5 Å². The van der Waals surface area contributed by atoms with Gasteiger partial charge in [0.2, 0.25) is 0 Å². The van der Waals surface area contributed by atoms with E-state index < -0.39 is 30.6 Å². The summed E-state index contributed by atoms with van der Waals surface area (Å²) in [5.41, 5.74) is 0. The van der Waals surface area contributed by atoms with Crippen LogP contribution in [0.25, 0.3) is 10.8 Å². The Hall–Kier alpha value is -2.61. The molecule has 2 aromatic rings. The van der Waals surface area contributed by atoms with E-state index in [1.807, 2.05) is 36.4 Å². The Morgan fingerprint density at radius 2 is 1.64 bits per heavy atom. The number of aliphatic hydroxyl groups is 3. The number of aliphatic hydroxyl groups excluding tert-OH is 3. The van der Waals surface area contributed by atoms with Crippen LogP contribution in [0, 0.1) is 11.8 Å². The molecule has 7 heteroatoms. The summed E-state index contributed by atoms with van der Waals surface area (Å²) in [7, 11) is 0. The standard InChI is InChI=1S/C26H32O7/c27-20(26-32-23-13-16-7-5-6-8-17(16)14-24(23)33-26)12-11-19-18(21(28)15-22(19)29)9-3-1-2-4-10-25(30)31/h5-8,11-14,18-22,26-29H,1-4,9-10,15H2,(H,30,31)/b12-11+/t18-,19-,20-,21+,22-/m1/s1. The van der Waals surface area contributed by atoms with Crippen LogP contribution in [0.3, 0.4) is 0 Å². The smallest absolute Gasteiger partial charge is 0.303 e. The van der Waals surface area contributed by atoms with Crippen LogP contribution >= 0.6 is 0 Å². The Kier molecular flexibility index (Phi) is 7.53. The molecule has 0 saturated heterocycles. The lowest BCUT2D eigenvalue weighted by Crippen LogP contribution is -2.32. The van der Waals surface area contributed by atoms with Crippen LogP contribution in [0.15, 0.2) is 48.6 Å². The monoisotopic (exact) mass is 456 g/mol. The third-order valence-electron chi connectivity index (χ3n) is 6.70. The molecule has 0 spiro atoms. The van der Waals surface area contributed by atoms with Gasteiger partial charge in [0, 0.05) is 18.8 Å². The number of unbranched alkanes of at least 4 members (excludes halogenated alkanes) is 3. The van der Waals surface area contributed by atoms with Gasteiger partial charge in [0.1, 0.15) is 6.10 Å².